The molecule has 0 bridgehead atoms. The first kappa shape index (κ1) is 12.7. The van der Waals surface area contributed by atoms with Crippen LogP contribution in [0.2, 0.25) is 0 Å². The molecule has 0 amide bonds. The average Bonchev–Trinajstić information content (AvgIpc) is 2.67. The van der Waals surface area contributed by atoms with Crippen molar-refractivity contribution in [3.63, 3.8) is 0 Å². The van der Waals surface area contributed by atoms with Gasteiger partial charge in [-0.15, -0.1) is 5.10 Å². The molecule has 0 aromatic carbocycles. The van der Waals surface area contributed by atoms with Crippen LogP contribution in [-0.2, 0) is 11.3 Å². The minimum atomic E-state index is 0.0338. The molecule has 0 fully saturated rings. The Labute approximate surface area is 116 Å². The van der Waals surface area contributed by atoms with E-state index in [1.807, 2.05) is 0 Å². The number of carbonyl (C=O) groups is 1. The lowest BCUT2D eigenvalue weighted by Crippen LogP contribution is -2.33. The van der Waals surface area contributed by atoms with Crippen molar-refractivity contribution in [3.8, 4) is 0 Å². The Hall–Kier alpha value is -1.30. The SMILES string of the molecule is CCSc1nc2n(n1)CC1=C(CC(C)(C)CC1=O)N2. The minimum Gasteiger partial charge on any atom is -0.328 e. The van der Waals surface area contributed by atoms with Crippen LogP contribution in [0.4, 0.5) is 5.95 Å². The van der Waals surface area contributed by atoms with Crippen LogP contribution < -0.4 is 5.32 Å². The van der Waals surface area contributed by atoms with Gasteiger partial charge in [-0.3, -0.25) is 4.79 Å². The number of hydrogen-bond donors (Lipinski definition) is 1. The van der Waals surface area contributed by atoms with Gasteiger partial charge in [-0.1, -0.05) is 32.5 Å². The molecule has 3 rings (SSSR count). The molecule has 1 aliphatic carbocycles. The van der Waals surface area contributed by atoms with E-state index in [9.17, 15) is 4.79 Å². The van der Waals surface area contributed by atoms with Crippen LogP contribution in [0, 0.1) is 5.41 Å². The van der Waals surface area contributed by atoms with Crippen LogP contribution in [0.5, 0.6) is 0 Å². The molecule has 0 saturated heterocycles. The monoisotopic (exact) mass is 278 g/mol. The van der Waals surface area contributed by atoms with E-state index in [-0.39, 0.29) is 11.2 Å². The molecule has 2 heterocycles. The first-order valence-electron chi connectivity index (χ1n) is 6.58. The summed E-state index contributed by atoms with van der Waals surface area (Å²) in [7, 11) is 0. The highest BCUT2D eigenvalue weighted by Gasteiger charge is 2.36. The number of nitrogens with zero attached hydrogens (tertiary/aromatic N) is 3. The van der Waals surface area contributed by atoms with E-state index in [0.29, 0.717) is 13.0 Å². The van der Waals surface area contributed by atoms with Crippen molar-refractivity contribution in [2.45, 2.75) is 45.3 Å². The molecule has 1 aliphatic heterocycles. The molecule has 1 aromatic heterocycles. The quantitative estimate of drug-likeness (QED) is 0.842. The predicted octanol–water partition coefficient (Wildman–Crippen LogP) is 2.46. The fraction of sp³-hybridized carbons (Fsp3) is 0.615. The molecule has 19 heavy (non-hydrogen) atoms. The predicted molar refractivity (Wildman–Crippen MR) is 75.1 cm³/mol. The van der Waals surface area contributed by atoms with E-state index < -0.39 is 0 Å². The summed E-state index contributed by atoms with van der Waals surface area (Å²) >= 11 is 1.62. The van der Waals surface area contributed by atoms with Gasteiger partial charge in [-0.25, -0.2) is 4.68 Å². The lowest BCUT2D eigenvalue weighted by Gasteiger charge is -2.34. The second kappa shape index (κ2) is 4.37. The van der Waals surface area contributed by atoms with Crippen molar-refractivity contribution >= 4 is 23.5 Å². The number of thioether (sulfide) groups is 1. The van der Waals surface area contributed by atoms with E-state index in [2.05, 4.69) is 36.2 Å². The largest absolute Gasteiger partial charge is 0.328 e. The zero-order valence-corrected chi connectivity index (χ0v) is 12.3. The topological polar surface area (TPSA) is 59.8 Å². The molecular weight excluding hydrogens is 260 g/mol. The highest BCUT2D eigenvalue weighted by atomic mass is 32.2. The number of rotatable bonds is 2. The van der Waals surface area contributed by atoms with Crippen LogP contribution in [0.15, 0.2) is 16.4 Å². The van der Waals surface area contributed by atoms with Gasteiger partial charge < -0.3 is 5.32 Å². The van der Waals surface area contributed by atoms with Crippen LogP contribution >= 0.6 is 11.8 Å². The summed E-state index contributed by atoms with van der Waals surface area (Å²) in [6.45, 7) is 6.90. The Morgan fingerprint density at radius 1 is 1.42 bits per heavy atom. The molecule has 0 saturated carbocycles. The Morgan fingerprint density at radius 3 is 2.95 bits per heavy atom. The van der Waals surface area contributed by atoms with Crippen LogP contribution in [0.1, 0.15) is 33.6 Å². The first-order valence-corrected chi connectivity index (χ1v) is 7.57. The maximum absolute atomic E-state index is 12.2. The molecule has 2 aliphatic rings. The van der Waals surface area contributed by atoms with E-state index in [1.165, 1.54) is 0 Å². The molecule has 5 nitrogen and oxygen atoms in total. The van der Waals surface area contributed by atoms with Crippen LogP contribution in [-0.4, -0.2) is 26.3 Å². The molecule has 1 aromatic rings. The maximum Gasteiger partial charge on any atom is 0.226 e. The normalized spacial score (nSPS) is 20.9. The van der Waals surface area contributed by atoms with Crippen molar-refractivity contribution in [3.05, 3.63) is 11.3 Å². The van der Waals surface area contributed by atoms with E-state index >= 15 is 0 Å². The molecular formula is C13H18N4OS. The molecule has 0 radical (unpaired) electrons. The minimum absolute atomic E-state index is 0.0338. The summed E-state index contributed by atoms with van der Waals surface area (Å²) < 4.78 is 1.80. The van der Waals surface area contributed by atoms with Gasteiger partial charge in [0, 0.05) is 17.7 Å². The Balaban J connectivity index is 1.91. The molecule has 0 atom stereocenters. The summed E-state index contributed by atoms with van der Waals surface area (Å²) in [6, 6.07) is 0. The standard InChI is InChI=1S/C13H18N4OS/c1-4-19-12-15-11-14-9-5-13(2,3)6-10(18)8(9)7-17(11)16-12/h4-7H2,1-3H3,(H,14,15,16). The molecule has 0 spiro atoms. The molecule has 1 N–H and O–H groups in total. The van der Waals surface area contributed by atoms with Crippen molar-refractivity contribution < 1.29 is 4.79 Å². The van der Waals surface area contributed by atoms with Gasteiger partial charge in [-0.05, 0) is 17.6 Å². The smallest absolute Gasteiger partial charge is 0.226 e. The van der Waals surface area contributed by atoms with Crippen molar-refractivity contribution in [1.29, 1.82) is 0 Å². The first-order chi connectivity index (χ1) is 8.98. The summed E-state index contributed by atoms with van der Waals surface area (Å²) in [5.41, 5.74) is 1.95. The lowest BCUT2D eigenvalue weighted by atomic mass is 9.75. The number of allylic oxidation sites excluding steroid dienone is 2. The maximum atomic E-state index is 12.2. The average molecular weight is 278 g/mol. The van der Waals surface area contributed by atoms with E-state index in [1.54, 1.807) is 16.4 Å². The fourth-order valence-electron chi connectivity index (χ4n) is 2.66. The molecule has 0 unspecified atom stereocenters. The summed E-state index contributed by atoms with van der Waals surface area (Å²) in [5.74, 6) is 1.95. The van der Waals surface area contributed by atoms with Crippen molar-refractivity contribution in [2.24, 2.45) is 5.41 Å². The number of hydrogen-bond acceptors (Lipinski definition) is 5. The number of carbonyl (C=O) groups excluding carboxylic acids is 1. The Bertz CT molecular complexity index is 573. The van der Waals surface area contributed by atoms with Crippen LogP contribution in [0.25, 0.3) is 0 Å². The Kier molecular flexibility index (Phi) is 2.92. The third-order valence-corrected chi connectivity index (χ3v) is 4.21. The zero-order chi connectivity index (χ0) is 13.6. The number of nitrogens with one attached hydrogen (secondary N) is 1. The second-order valence-electron chi connectivity index (χ2n) is 5.83. The highest BCUT2D eigenvalue weighted by molar-refractivity contribution is 7.99. The lowest BCUT2D eigenvalue weighted by molar-refractivity contribution is -0.118. The second-order valence-corrected chi connectivity index (χ2v) is 7.06. The third-order valence-electron chi connectivity index (χ3n) is 3.49. The van der Waals surface area contributed by atoms with E-state index in [4.69, 9.17) is 0 Å². The number of anilines is 1. The van der Waals surface area contributed by atoms with Crippen molar-refractivity contribution in [2.75, 3.05) is 11.1 Å². The van der Waals surface area contributed by atoms with Gasteiger partial charge in [0.25, 0.3) is 0 Å². The van der Waals surface area contributed by atoms with Crippen molar-refractivity contribution in [1.82, 2.24) is 14.8 Å². The number of aromatic nitrogens is 3. The van der Waals surface area contributed by atoms with Gasteiger partial charge >= 0.3 is 0 Å². The fourth-order valence-corrected chi connectivity index (χ4v) is 3.23. The number of ketones is 1. The zero-order valence-electron chi connectivity index (χ0n) is 11.5. The molecule has 6 heteroatoms. The number of Topliss-reactive ketones (excluding diaryl/α,β-unsaturated/α-hetero) is 1. The van der Waals surface area contributed by atoms with E-state index in [0.717, 1.165) is 34.5 Å². The summed E-state index contributed by atoms with van der Waals surface area (Å²) in [5, 5.41) is 8.50. The Morgan fingerprint density at radius 2 is 2.21 bits per heavy atom. The van der Waals surface area contributed by atoms with Crippen LogP contribution in [0.3, 0.4) is 0 Å². The molecule has 102 valence electrons. The van der Waals surface area contributed by atoms with Gasteiger partial charge in [0.2, 0.25) is 11.1 Å². The van der Waals surface area contributed by atoms with Gasteiger partial charge in [0.1, 0.15) is 0 Å². The number of fused-ring (bicyclic) bond motifs is 1. The van der Waals surface area contributed by atoms with Gasteiger partial charge in [0.05, 0.1) is 6.54 Å². The third kappa shape index (κ3) is 2.29. The van der Waals surface area contributed by atoms with Gasteiger partial charge in [-0.2, -0.15) is 4.98 Å². The van der Waals surface area contributed by atoms with Gasteiger partial charge in [0.15, 0.2) is 5.78 Å². The summed E-state index contributed by atoms with van der Waals surface area (Å²) in [6.07, 6.45) is 1.52. The summed E-state index contributed by atoms with van der Waals surface area (Å²) in [4.78, 5) is 16.7. The highest BCUT2D eigenvalue weighted by Crippen LogP contribution is 2.39.